The third-order valence-electron chi connectivity index (χ3n) is 2.02. The van der Waals surface area contributed by atoms with Gasteiger partial charge in [-0.2, -0.15) is 0 Å². The van der Waals surface area contributed by atoms with E-state index in [9.17, 15) is 9.59 Å². The van der Waals surface area contributed by atoms with Gasteiger partial charge in [-0.1, -0.05) is 6.07 Å². The number of rotatable bonds is 5. The molecule has 0 bridgehead atoms. The highest BCUT2D eigenvalue weighted by Crippen LogP contribution is 2.19. The summed E-state index contributed by atoms with van der Waals surface area (Å²) in [5.74, 6) is -1.13. The van der Waals surface area contributed by atoms with E-state index < -0.39 is 12.0 Å². The third kappa shape index (κ3) is 4.44. The van der Waals surface area contributed by atoms with Gasteiger partial charge in [0.05, 0.1) is 5.03 Å². The highest BCUT2D eigenvalue weighted by Gasteiger charge is 2.18. The van der Waals surface area contributed by atoms with Crippen molar-refractivity contribution in [2.75, 3.05) is 5.75 Å². The Hall–Kier alpha value is -1.56. The van der Waals surface area contributed by atoms with E-state index in [0.717, 1.165) is 10.6 Å². The summed E-state index contributed by atoms with van der Waals surface area (Å²) in [6, 6.07) is 2.84. The van der Waals surface area contributed by atoms with Gasteiger partial charge in [0, 0.05) is 18.9 Å². The van der Waals surface area contributed by atoms with Crippen molar-refractivity contribution in [3.8, 4) is 0 Å². The van der Waals surface area contributed by atoms with Gasteiger partial charge in [0.2, 0.25) is 5.91 Å². The van der Waals surface area contributed by atoms with E-state index in [4.69, 9.17) is 5.11 Å². The average Bonchev–Trinajstić information content (AvgIpc) is 2.25. The van der Waals surface area contributed by atoms with Crippen LogP contribution in [0.25, 0.3) is 0 Å². The first-order chi connectivity index (χ1) is 8.00. The van der Waals surface area contributed by atoms with E-state index in [-0.39, 0.29) is 11.7 Å². The maximum Gasteiger partial charge on any atom is 0.327 e. The number of hydrogen-bond acceptors (Lipinski definition) is 4. The Morgan fingerprint density at radius 3 is 2.82 bits per heavy atom. The van der Waals surface area contributed by atoms with Gasteiger partial charge in [0.15, 0.2) is 0 Å². The fourth-order valence-corrected chi connectivity index (χ4v) is 2.19. The van der Waals surface area contributed by atoms with Gasteiger partial charge >= 0.3 is 5.97 Å². The van der Waals surface area contributed by atoms with Crippen molar-refractivity contribution >= 4 is 23.6 Å². The zero-order chi connectivity index (χ0) is 12.8. The molecule has 1 heterocycles. The fraction of sp³-hybridized carbons (Fsp3) is 0.364. The van der Waals surface area contributed by atoms with Crippen LogP contribution in [-0.2, 0) is 9.59 Å². The van der Waals surface area contributed by atoms with E-state index in [1.54, 1.807) is 6.20 Å². The summed E-state index contributed by atoms with van der Waals surface area (Å²) in [6.07, 6.45) is 1.66. The Kier molecular flexibility index (Phi) is 4.96. The minimum atomic E-state index is -1.04. The number of carboxylic acid groups (broad SMARTS) is 1. The molecule has 0 aliphatic carbocycles. The molecule has 0 aromatic carbocycles. The first-order valence-electron chi connectivity index (χ1n) is 5.05. The standard InChI is InChI=1S/C11H14N2O3S/c1-7-4-3-5-12-10(7)17-6-9(11(15)16)13-8(2)14/h3-5,9H,6H2,1-2H3,(H,13,14)(H,15,16). The van der Waals surface area contributed by atoms with E-state index in [2.05, 4.69) is 10.3 Å². The number of aliphatic carboxylic acids is 1. The van der Waals surface area contributed by atoms with Crippen molar-refractivity contribution in [3.05, 3.63) is 23.9 Å². The number of aryl methyl sites for hydroxylation is 1. The Morgan fingerprint density at radius 1 is 1.59 bits per heavy atom. The summed E-state index contributed by atoms with van der Waals surface area (Å²) < 4.78 is 0. The number of amides is 1. The molecule has 17 heavy (non-hydrogen) atoms. The quantitative estimate of drug-likeness (QED) is 0.768. The zero-order valence-corrected chi connectivity index (χ0v) is 10.5. The van der Waals surface area contributed by atoms with Crippen LogP contribution >= 0.6 is 11.8 Å². The molecule has 0 fully saturated rings. The molecule has 0 saturated heterocycles. The van der Waals surface area contributed by atoms with Crippen molar-refractivity contribution in [3.63, 3.8) is 0 Å². The van der Waals surface area contributed by atoms with Crippen molar-refractivity contribution < 1.29 is 14.7 Å². The van der Waals surface area contributed by atoms with Crippen LogP contribution in [0.1, 0.15) is 12.5 Å². The Labute approximate surface area is 104 Å². The average molecular weight is 254 g/mol. The lowest BCUT2D eigenvalue weighted by Gasteiger charge is -2.12. The van der Waals surface area contributed by atoms with Gasteiger partial charge in [0.25, 0.3) is 0 Å². The molecular weight excluding hydrogens is 240 g/mol. The Morgan fingerprint density at radius 2 is 2.29 bits per heavy atom. The lowest BCUT2D eigenvalue weighted by Crippen LogP contribution is -2.41. The second kappa shape index (κ2) is 6.24. The van der Waals surface area contributed by atoms with Crippen molar-refractivity contribution in [2.24, 2.45) is 0 Å². The van der Waals surface area contributed by atoms with Crippen LogP contribution in [0.15, 0.2) is 23.4 Å². The van der Waals surface area contributed by atoms with Gasteiger partial charge < -0.3 is 10.4 Å². The topological polar surface area (TPSA) is 79.3 Å². The molecule has 1 amide bonds. The molecule has 0 aliphatic heterocycles. The van der Waals surface area contributed by atoms with Crippen molar-refractivity contribution in [2.45, 2.75) is 24.9 Å². The van der Waals surface area contributed by atoms with E-state index >= 15 is 0 Å². The Bertz CT molecular complexity index is 423. The number of aromatic nitrogens is 1. The van der Waals surface area contributed by atoms with Crippen LogP contribution in [0.5, 0.6) is 0 Å². The third-order valence-corrected chi connectivity index (χ3v) is 3.22. The normalized spacial score (nSPS) is 11.9. The first-order valence-corrected chi connectivity index (χ1v) is 6.03. The smallest absolute Gasteiger partial charge is 0.327 e. The van der Waals surface area contributed by atoms with E-state index in [1.807, 2.05) is 19.1 Å². The molecule has 0 spiro atoms. The summed E-state index contributed by atoms with van der Waals surface area (Å²) in [7, 11) is 0. The molecule has 92 valence electrons. The molecular formula is C11H14N2O3S. The minimum absolute atomic E-state index is 0.257. The highest BCUT2D eigenvalue weighted by molar-refractivity contribution is 7.99. The second-order valence-electron chi connectivity index (χ2n) is 3.53. The zero-order valence-electron chi connectivity index (χ0n) is 9.64. The molecule has 0 aliphatic rings. The predicted molar refractivity (Wildman–Crippen MR) is 64.9 cm³/mol. The van der Waals surface area contributed by atoms with Crippen LogP contribution in [-0.4, -0.2) is 33.8 Å². The van der Waals surface area contributed by atoms with Crippen molar-refractivity contribution in [1.29, 1.82) is 0 Å². The largest absolute Gasteiger partial charge is 0.480 e. The summed E-state index contributed by atoms with van der Waals surface area (Å²) in [5, 5.41) is 12.1. The van der Waals surface area contributed by atoms with Crippen LogP contribution in [0.2, 0.25) is 0 Å². The number of carbonyl (C=O) groups excluding carboxylic acids is 1. The van der Waals surface area contributed by atoms with E-state index in [0.29, 0.717) is 0 Å². The lowest BCUT2D eigenvalue weighted by molar-refractivity contribution is -0.140. The highest BCUT2D eigenvalue weighted by atomic mass is 32.2. The summed E-state index contributed by atoms with van der Waals surface area (Å²) in [6.45, 7) is 3.20. The molecule has 1 rings (SSSR count). The van der Waals surface area contributed by atoms with E-state index in [1.165, 1.54) is 18.7 Å². The molecule has 1 aromatic heterocycles. The molecule has 5 nitrogen and oxygen atoms in total. The van der Waals surface area contributed by atoms with Gasteiger partial charge in [-0.3, -0.25) is 4.79 Å². The number of carboxylic acids is 1. The van der Waals surface area contributed by atoms with Gasteiger partial charge in [-0.05, 0) is 18.6 Å². The summed E-state index contributed by atoms with van der Waals surface area (Å²) >= 11 is 1.32. The summed E-state index contributed by atoms with van der Waals surface area (Å²) in [4.78, 5) is 25.9. The maximum atomic E-state index is 10.9. The van der Waals surface area contributed by atoms with Crippen LogP contribution in [0, 0.1) is 6.92 Å². The second-order valence-corrected chi connectivity index (χ2v) is 4.54. The molecule has 1 unspecified atom stereocenters. The van der Waals surface area contributed by atoms with Crippen LogP contribution in [0.3, 0.4) is 0 Å². The van der Waals surface area contributed by atoms with Crippen molar-refractivity contribution in [1.82, 2.24) is 10.3 Å². The molecule has 1 aromatic rings. The number of hydrogen-bond donors (Lipinski definition) is 2. The van der Waals surface area contributed by atoms with Gasteiger partial charge in [-0.15, -0.1) is 11.8 Å². The molecule has 6 heteroatoms. The number of pyridine rings is 1. The maximum absolute atomic E-state index is 10.9. The molecule has 2 N–H and O–H groups in total. The lowest BCUT2D eigenvalue weighted by atomic mass is 10.3. The fourth-order valence-electron chi connectivity index (χ4n) is 1.20. The monoisotopic (exact) mass is 254 g/mol. The molecule has 0 saturated carbocycles. The minimum Gasteiger partial charge on any atom is -0.480 e. The van der Waals surface area contributed by atoms with Gasteiger partial charge in [-0.25, -0.2) is 9.78 Å². The van der Waals surface area contributed by atoms with Crippen LogP contribution in [0.4, 0.5) is 0 Å². The SMILES string of the molecule is CC(=O)NC(CSc1ncccc1C)C(=O)O. The number of nitrogens with one attached hydrogen (secondary N) is 1. The number of carbonyl (C=O) groups is 2. The number of thioether (sulfide) groups is 1. The predicted octanol–water partition coefficient (Wildman–Crippen LogP) is 1.07. The molecule has 1 atom stereocenters. The first kappa shape index (κ1) is 13.5. The molecule has 0 radical (unpaired) electrons. The summed E-state index contributed by atoms with van der Waals surface area (Å²) in [5.41, 5.74) is 0.990. The number of nitrogens with zero attached hydrogens (tertiary/aromatic N) is 1. The Balaban J connectivity index is 2.61. The van der Waals surface area contributed by atoms with Gasteiger partial charge in [0.1, 0.15) is 6.04 Å². The van der Waals surface area contributed by atoms with Crippen LogP contribution < -0.4 is 5.32 Å².